The molecule has 0 spiro atoms. The predicted molar refractivity (Wildman–Crippen MR) is 102 cm³/mol. The molecule has 0 bridgehead atoms. The van der Waals surface area contributed by atoms with Crippen molar-refractivity contribution in [3.05, 3.63) is 42.0 Å². The second-order valence-electron chi connectivity index (χ2n) is 6.50. The summed E-state index contributed by atoms with van der Waals surface area (Å²) in [6.45, 7) is 4.18. The van der Waals surface area contributed by atoms with Crippen molar-refractivity contribution in [3.8, 4) is 17.2 Å². The van der Waals surface area contributed by atoms with Crippen molar-refractivity contribution in [1.29, 1.82) is 0 Å². The van der Waals surface area contributed by atoms with Gasteiger partial charge in [0.25, 0.3) is 0 Å². The van der Waals surface area contributed by atoms with Crippen LogP contribution in [0.2, 0.25) is 0 Å². The Bertz CT molecular complexity index is 869. The molecule has 9 heteroatoms. The fourth-order valence-corrected chi connectivity index (χ4v) is 2.96. The smallest absolute Gasteiger partial charge is 0.492 e. The summed E-state index contributed by atoms with van der Waals surface area (Å²) in [6, 6.07) is 8.73. The third kappa shape index (κ3) is 5.69. The molecule has 6 nitrogen and oxygen atoms in total. The quantitative estimate of drug-likeness (QED) is 0.710. The highest BCUT2D eigenvalue weighted by Crippen LogP contribution is 2.38. The first-order chi connectivity index (χ1) is 13.7. The average Bonchev–Trinajstić information content (AvgIpc) is 2.99. The lowest BCUT2D eigenvalue weighted by atomic mass is 10.1. The number of carbonyl (C=O) groups is 1. The van der Waals surface area contributed by atoms with E-state index < -0.39 is 6.36 Å². The van der Waals surface area contributed by atoms with Crippen LogP contribution in [0.25, 0.3) is 0 Å². The summed E-state index contributed by atoms with van der Waals surface area (Å²) >= 11 is 0. The minimum Gasteiger partial charge on any atom is -0.492 e. The average molecular weight is 410 g/mol. The number of carbonyl (C=O) groups excluding carboxylic acids is 1. The summed E-state index contributed by atoms with van der Waals surface area (Å²) < 4.78 is 51.7. The minimum absolute atomic E-state index is 0.0661. The van der Waals surface area contributed by atoms with Crippen LogP contribution >= 0.6 is 0 Å². The van der Waals surface area contributed by atoms with Crippen LogP contribution < -0.4 is 24.8 Å². The van der Waals surface area contributed by atoms with Crippen molar-refractivity contribution in [2.75, 3.05) is 23.8 Å². The summed E-state index contributed by atoms with van der Waals surface area (Å²) in [5.41, 5.74) is 2.00. The maximum absolute atomic E-state index is 12.3. The molecule has 0 aliphatic carbocycles. The monoisotopic (exact) mass is 410 g/mol. The predicted octanol–water partition coefficient (Wildman–Crippen LogP) is 4.36. The van der Waals surface area contributed by atoms with E-state index in [1.165, 1.54) is 24.3 Å². The van der Waals surface area contributed by atoms with E-state index >= 15 is 0 Å². The molecule has 1 aliphatic rings. The van der Waals surface area contributed by atoms with Crippen molar-refractivity contribution < 1.29 is 32.2 Å². The van der Waals surface area contributed by atoms with Crippen LogP contribution in [0.5, 0.6) is 17.2 Å². The topological polar surface area (TPSA) is 68.8 Å². The first-order valence-corrected chi connectivity index (χ1v) is 9.09. The maximum Gasteiger partial charge on any atom is 0.573 e. The summed E-state index contributed by atoms with van der Waals surface area (Å²) in [6.07, 6.45) is -3.90. The highest BCUT2D eigenvalue weighted by Gasteiger charge is 2.31. The van der Waals surface area contributed by atoms with Gasteiger partial charge >= 0.3 is 6.36 Å². The lowest BCUT2D eigenvalue weighted by Crippen LogP contribution is -2.22. The standard InChI is InChI=1S/C20H21F3N2O4/c1-3-27-18-9-13-8-12(2)28-17(13)10-16(18)25-19(26)11-24-14-4-6-15(7-5-14)29-20(21,22)23/h4-7,9-10,12,24H,3,8,11H2,1-2H3,(H,25,26)/t12-/m1/s1. The van der Waals surface area contributed by atoms with Crippen molar-refractivity contribution in [2.24, 2.45) is 0 Å². The number of anilines is 2. The van der Waals surface area contributed by atoms with E-state index in [4.69, 9.17) is 9.47 Å². The van der Waals surface area contributed by atoms with E-state index in [0.29, 0.717) is 29.5 Å². The van der Waals surface area contributed by atoms with Gasteiger partial charge < -0.3 is 24.8 Å². The summed E-state index contributed by atoms with van der Waals surface area (Å²) in [7, 11) is 0. The van der Waals surface area contributed by atoms with Crippen LogP contribution in [-0.4, -0.2) is 31.5 Å². The second-order valence-corrected chi connectivity index (χ2v) is 6.50. The Morgan fingerprint density at radius 1 is 1.24 bits per heavy atom. The first-order valence-electron chi connectivity index (χ1n) is 9.09. The van der Waals surface area contributed by atoms with Crippen LogP contribution in [0, 0.1) is 0 Å². The summed E-state index contributed by atoms with van der Waals surface area (Å²) in [5.74, 6) is 0.601. The molecule has 1 heterocycles. The fourth-order valence-electron chi connectivity index (χ4n) is 2.96. The molecule has 1 aliphatic heterocycles. The van der Waals surface area contributed by atoms with Gasteiger partial charge in [0.15, 0.2) is 0 Å². The zero-order chi connectivity index (χ0) is 21.0. The molecule has 0 saturated carbocycles. The third-order valence-electron chi connectivity index (χ3n) is 4.11. The van der Waals surface area contributed by atoms with Crippen LogP contribution in [-0.2, 0) is 11.2 Å². The Labute approximate surface area is 166 Å². The number of rotatable bonds is 7. The molecule has 1 atom stereocenters. The molecule has 0 radical (unpaired) electrons. The first kappa shape index (κ1) is 20.6. The van der Waals surface area contributed by atoms with Gasteiger partial charge in [-0.3, -0.25) is 4.79 Å². The number of alkyl halides is 3. The molecule has 2 aromatic rings. The van der Waals surface area contributed by atoms with Gasteiger partial charge in [-0.1, -0.05) is 0 Å². The zero-order valence-electron chi connectivity index (χ0n) is 15.9. The summed E-state index contributed by atoms with van der Waals surface area (Å²) in [5, 5.41) is 5.62. The van der Waals surface area contributed by atoms with Gasteiger partial charge in [-0.2, -0.15) is 0 Å². The van der Waals surface area contributed by atoms with Crippen molar-refractivity contribution in [1.82, 2.24) is 0 Å². The number of halogens is 3. The molecule has 0 fully saturated rings. The number of hydrogen-bond donors (Lipinski definition) is 2. The Kier molecular flexibility index (Phi) is 6.05. The van der Waals surface area contributed by atoms with Gasteiger partial charge in [0.2, 0.25) is 5.91 Å². The van der Waals surface area contributed by atoms with Gasteiger partial charge in [0, 0.05) is 23.7 Å². The lowest BCUT2D eigenvalue weighted by molar-refractivity contribution is -0.274. The van der Waals surface area contributed by atoms with Crippen molar-refractivity contribution in [2.45, 2.75) is 32.7 Å². The fraction of sp³-hybridized carbons (Fsp3) is 0.350. The molecular formula is C20H21F3N2O4. The molecule has 2 N–H and O–H groups in total. The largest absolute Gasteiger partial charge is 0.573 e. The summed E-state index contributed by atoms with van der Waals surface area (Å²) in [4.78, 5) is 12.3. The Balaban J connectivity index is 1.60. The van der Waals surface area contributed by atoms with Crippen LogP contribution in [0.15, 0.2) is 36.4 Å². The number of hydrogen-bond acceptors (Lipinski definition) is 5. The van der Waals surface area contributed by atoms with Crippen LogP contribution in [0.1, 0.15) is 19.4 Å². The number of ether oxygens (including phenoxy) is 3. The van der Waals surface area contributed by atoms with Crippen LogP contribution in [0.4, 0.5) is 24.5 Å². The van der Waals surface area contributed by atoms with Crippen molar-refractivity contribution in [3.63, 3.8) is 0 Å². The molecule has 156 valence electrons. The van der Waals surface area contributed by atoms with E-state index in [1.807, 2.05) is 19.9 Å². The van der Waals surface area contributed by atoms with E-state index in [-0.39, 0.29) is 24.3 Å². The minimum atomic E-state index is -4.75. The molecule has 3 rings (SSSR count). The molecule has 1 amide bonds. The Hall–Kier alpha value is -3.10. The van der Waals surface area contributed by atoms with Gasteiger partial charge in [-0.15, -0.1) is 13.2 Å². The number of benzene rings is 2. The van der Waals surface area contributed by atoms with Crippen LogP contribution in [0.3, 0.4) is 0 Å². The molecule has 29 heavy (non-hydrogen) atoms. The van der Waals surface area contributed by atoms with Gasteiger partial charge in [0.1, 0.15) is 23.4 Å². The van der Waals surface area contributed by atoms with E-state index in [2.05, 4.69) is 15.4 Å². The highest BCUT2D eigenvalue weighted by atomic mass is 19.4. The Morgan fingerprint density at radius 2 is 1.97 bits per heavy atom. The second kappa shape index (κ2) is 8.50. The van der Waals surface area contributed by atoms with Gasteiger partial charge in [-0.25, -0.2) is 0 Å². The van der Waals surface area contributed by atoms with E-state index in [0.717, 1.165) is 12.0 Å². The van der Waals surface area contributed by atoms with Crippen molar-refractivity contribution >= 4 is 17.3 Å². The maximum atomic E-state index is 12.3. The molecule has 0 saturated heterocycles. The normalized spacial score (nSPS) is 15.3. The van der Waals surface area contributed by atoms with Gasteiger partial charge in [-0.05, 0) is 44.2 Å². The third-order valence-corrected chi connectivity index (χ3v) is 4.11. The lowest BCUT2D eigenvalue weighted by Gasteiger charge is -2.14. The van der Waals surface area contributed by atoms with E-state index in [9.17, 15) is 18.0 Å². The molecule has 0 aromatic heterocycles. The highest BCUT2D eigenvalue weighted by molar-refractivity contribution is 5.95. The van der Waals surface area contributed by atoms with Gasteiger partial charge in [0.05, 0.1) is 18.8 Å². The zero-order valence-corrected chi connectivity index (χ0v) is 15.9. The molecular weight excluding hydrogens is 389 g/mol. The molecule has 0 unspecified atom stereocenters. The van der Waals surface area contributed by atoms with E-state index in [1.54, 1.807) is 6.07 Å². The number of amides is 1. The Morgan fingerprint density at radius 3 is 2.62 bits per heavy atom. The number of nitrogens with one attached hydrogen (secondary N) is 2. The molecule has 2 aromatic carbocycles. The SMILES string of the molecule is CCOc1cc2c(cc1NC(=O)CNc1ccc(OC(F)(F)F)cc1)O[C@H](C)C2. The number of fused-ring (bicyclic) bond motifs is 1.